The van der Waals surface area contributed by atoms with E-state index in [2.05, 4.69) is 16.7 Å². The molecule has 0 radical (unpaired) electrons. The van der Waals surface area contributed by atoms with Crippen LogP contribution in [-0.2, 0) is 11.3 Å². The summed E-state index contributed by atoms with van der Waals surface area (Å²) in [7, 11) is 0. The third-order valence-corrected chi connectivity index (χ3v) is 3.80. The Kier molecular flexibility index (Phi) is 5.38. The maximum Gasteiger partial charge on any atom is 0.187 e. The van der Waals surface area contributed by atoms with Gasteiger partial charge in [0.25, 0.3) is 0 Å². The van der Waals surface area contributed by atoms with E-state index in [0.717, 1.165) is 18.7 Å². The molecule has 0 bridgehead atoms. The second kappa shape index (κ2) is 7.28. The van der Waals surface area contributed by atoms with Crippen molar-refractivity contribution < 1.29 is 4.74 Å². The first-order chi connectivity index (χ1) is 9.29. The molecular weight excluding hydrogens is 236 g/mol. The maximum atomic E-state index is 6.90. The maximum absolute atomic E-state index is 6.90. The molecule has 3 nitrogen and oxygen atoms in total. The Hall–Kier alpha value is -1.37. The molecule has 0 amide bonds. The summed E-state index contributed by atoms with van der Waals surface area (Å²) >= 11 is 0. The molecule has 19 heavy (non-hydrogen) atoms. The number of hydrogen-bond acceptors (Lipinski definition) is 2. The third kappa shape index (κ3) is 4.34. The Morgan fingerprint density at radius 2 is 2.11 bits per heavy atom. The number of nitrogens with zero attached hydrogens (tertiary/aromatic N) is 2. The lowest BCUT2D eigenvalue weighted by atomic mass is 10.0. The van der Waals surface area contributed by atoms with Gasteiger partial charge in [-0.25, -0.2) is 4.85 Å². The van der Waals surface area contributed by atoms with E-state index in [1.165, 1.54) is 25.8 Å². The molecule has 1 atom stereocenters. The van der Waals surface area contributed by atoms with Crippen LogP contribution in [0.3, 0.4) is 0 Å². The lowest BCUT2D eigenvalue weighted by Gasteiger charge is -2.33. The molecule has 1 aliphatic heterocycles. The zero-order valence-electron chi connectivity index (χ0n) is 11.6. The summed E-state index contributed by atoms with van der Waals surface area (Å²) in [5.74, 6) is 0. The molecule has 0 N–H and O–H groups in total. The van der Waals surface area contributed by atoms with E-state index in [1.807, 2.05) is 24.3 Å². The second-order valence-corrected chi connectivity index (χ2v) is 5.21. The lowest BCUT2D eigenvalue weighted by Crippen LogP contribution is -2.39. The van der Waals surface area contributed by atoms with Gasteiger partial charge in [-0.3, -0.25) is 4.90 Å². The van der Waals surface area contributed by atoms with Crippen LogP contribution in [0.15, 0.2) is 24.3 Å². The molecule has 3 heteroatoms. The summed E-state index contributed by atoms with van der Waals surface area (Å²) in [6, 6.07) is 8.33. The Bertz CT molecular complexity index is 421. The molecule has 0 aliphatic carbocycles. The van der Waals surface area contributed by atoms with E-state index >= 15 is 0 Å². The van der Waals surface area contributed by atoms with Gasteiger partial charge in [-0.2, -0.15) is 0 Å². The molecule has 0 saturated carbocycles. The van der Waals surface area contributed by atoms with Crippen molar-refractivity contribution in [3.63, 3.8) is 0 Å². The highest BCUT2D eigenvalue weighted by Crippen LogP contribution is 2.16. The predicted molar refractivity (Wildman–Crippen MR) is 77.2 cm³/mol. The molecule has 102 valence electrons. The molecule has 1 unspecified atom stereocenters. The molecule has 0 aromatic heterocycles. The highest BCUT2D eigenvalue weighted by Gasteiger charge is 2.17. The number of ether oxygens (including phenoxy) is 1. The summed E-state index contributed by atoms with van der Waals surface area (Å²) in [4.78, 5) is 5.90. The van der Waals surface area contributed by atoms with Crippen LogP contribution in [0.2, 0.25) is 0 Å². The monoisotopic (exact) mass is 258 g/mol. The van der Waals surface area contributed by atoms with Crippen LogP contribution in [0.5, 0.6) is 0 Å². The number of likely N-dealkylation sites (tertiary alicyclic amines) is 1. The zero-order valence-corrected chi connectivity index (χ0v) is 11.6. The first kappa shape index (κ1) is 14.0. The SMILES string of the molecule is [C-]#[N+]c1ccc(COCCN2CCCCC2C)cc1. The molecule has 2 rings (SSSR count). The number of piperidine rings is 1. The first-order valence-electron chi connectivity index (χ1n) is 7.08. The van der Waals surface area contributed by atoms with Gasteiger partial charge >= 0.3 is 0 Å². The van der Waals surface area contributed by atoms with Crippen molar-refractivity contribution in [1.29, 1.82) is 0 Å². The van der Waals surface area contributed by atoms with Gasteiger partial charge in [-0.05, 0) is 31.9 Å². The normalized spacial score (nSPS) is 20.1. The van der Waals surface area contributed by atoms with Crippen molar-refractivity contribution in [2.45, 2.75) is 38.8 Å². The van der Waals surface area contributed by atoms with Gasteiger partial charge in [0, 0.05) is 12.6 Å². The van der Waals surface area contributed by atoms with Crippen molar-refractivity contribution in [1.82, 2.24) is 4.90 Å². The van der Waals surface area contributed by atoms with E-state index < -0.39 is 0 Å². The zero-order chi connectivity index (χ0) is 13.5. The van der Waals surface area contributed by atoms with Crippen LogP contribution in [0.25, 0.3) is 4.85 Å². The van der Waals surface area contributed by atoms with Crippen LogP contribution < -0.4 is 0 Å². The summed E-state index contributed by atoms with van der Waals surface area (Å²) in [5.41, 5.74) is 1.82. The summed E-state index contributed by atoms with van der Waals surface area (Å²) in [6.07, 6.45) is 4.01. The highest BCUT2D eigenvalue weighted by atomic mass is 16.5. The first-order valence-corrected chi connectivity index (χ1v) is 7.08. The molecular formula is C16H22N2O. The fraction of sp³-hybridized carbons (Fsp3) is 0.562. The average Bonchev–Trinajstić information content (AvgIpc) is 2.46. The van der Waals surface area contributed by atoms with E-state index in [9.17, 15) is 0 Å². The van der Waals surface area contributed by atoms with E-state index in [4.69, 9.17) is 11.3 Å². The standard InChI is InChI=1S/C16H22N2O/c1-14-5-3-4-10-18(14)11-12-19-13-15-6-8-16(17-2)9-7-15/h6-9,14H,3-5,10-13H2,1H3. The number of hydrogen-bond donors (Lipinski definition) is 0. The smallest absolute Gasteiger partial charge is 0.187 e. The molecule has 1 heterocycles. The topological polar surface area (TPSA) is 16.8 Å². The Balaban J connectivity index is 1.67. The Morgan fingerprint density at radius 3 is 2.79 bits per heavy atom. The highest BCUT2D eigenvalue weighted by molar-refractivity contribution is 5.45. The minimum atomic E-state index is 0.639. The number of rotatable bonds is 5. The van der Waals surface area contributed by atoms with Crippen LogP contribution in [0.1, 0.15) is 31.7 Å². The van der Waals surface area contributed by atoms with Crippen molar-refractivity contribution >= 4 is 5.69 Å². The summed E-state index contributed by atoms with van der Waals surface area (Å²) in [6.45, 7) is 12.9. The number of benzene rings is 1. The molecule has 0 spiro atoms. The molecule has 1 saturated heterocycles. The Morgan fingerprint density at radius 1 is 1.32 bits per heavy atom. The molecule has 1 aliphatic rings. The summed E-state index contributed by atoms with van der Waals surface area (Å²) < 4.78 is 5.73. The fourth-order valence-electron chi connectivity index (χ4n) is 2.53. The minimum absolute atomic E-state index is 0.639. The van der Waals surface area contributed by atoms with Crippen molar-refractivity contribution in [2.24, 2.45) is 0 Å². The van der Waals surface area contributed by atoms with Crippen molar-refractivity contribution in [2.75, 3.05) is 19.7 Å². The van der Waals surface area contributed by atoms with E-state index in [-0.39, 0.29) is 0 Å². The van der Waals surface area contributed by atoms with Crippen LogP contribution in [-0.4, -0.2) is 30.6 Å². The van der Waals surface area contributed by atoms with Gasteiger partial charge in [0.1, 0.15) is 0 Å². The van der Waals surface area contributed by atoms with Crippen LogP contribution in [0, 0.1) is 6.57 Å². The fourth-order valence-corrected chi connectivity index (χ4v) is 2.53. The molecule has 1 fully saturated rings. The van der Waals surface area contributed by atoms with Crippen LogP contribution >= 0.6 is 0 Å². The minimum Gasteiger partial charge on any atom is -0.375 e. The Labute approximate surface area is 116 Å². The predicted octanol–water partition coefficient (Wildman–Crippen LogP) is 3.63. The van der Waals surface area contributed by atoms with E-state index in [1.54, 1.807) is 0 Å². The van der Waals surface area contributed by atoms with Gasteiger partial charge < -0.3 is 4.74 Å². The van der Waals surface area contributed by atoms with Crippen LogP contribution in [0.4, 0.5) is 5.69 Å². The van der Waals surface area contributed by atoms with Crippen molar-refractivity contribution in [3.8, 4) is 0 Å². The van der Waals surface area contributed by atoms with Gasteiger partial charge in [0.15, 0.2) is 5.69 Å². The van der Waals surface area contributed by atoms with E-state index in [0.29, 0.717) is 18.3 Å². The third-order valence-electron chi connectivity index (χ3n) is 3.80. The van der Waals surface area contributed by atoms with Gasteiger partial charge in [0.05, 0.1) is 19.8 Å². The summed E-state index contributed by atoms with van der Waals surface area (Å²) in [5, 5.41) is 0. The molecule has 1 aromatic carbocycles. The largest absolute Gasteiger partial charge is 0.375 e. The van der Waals surface area contributed by atoms with Crippen molar-refractivity contribution in [3.05, 3.63) is 41.2 Å². The molecule has 1 aromatic rings. The quantitative estimate of drug-likeness (QED) is 0.592. The van der Waals surface area contributed by atoms with Gasteiger partial charge in [0.2, 0.25) is 0 Å². The van der Waals surface area contributed by atoms with Gasteiger partial charge in [-0.15, -0.1) is 0 Å². The lowest BCUT2D eigenvalue weighted by molar-refractivity contribution is 0.0685. The second-order valence-electron chi connectivity index (χ2n) is 5.21. The van der Waals surface area contributed by atoms with Gasteiger partial charge in [-0.1, -0.05) is 30.7 Å². The average molecular weight is 258 g/mol.